The second-order valence-corrected chi connectivity index (χ2v) is 3.79. The summed E-state index contributed by atoms with van der Waals surface area (Å²) in [5, 5.41) is 13.4. The van der Waals surface area contributed by atoms with Gasteiger partial charge in [0.2, 0.25) is 0 Å². The number of carbonyl (C=O) groups excluding carboxylic acids is 2. The summed E-state index contributed by atoms with van der Waals surface area (Å²) < 4.78 is 4.76. The molecule has 0 aliphatic rings. The van der Waals surface area contributed by atoms with Gasteiger partial charge < -0.3 is 20.5 Å². The highest BCUT2D eigenvalue weighted by Crippen LogP contribution is 1.98. The monoisotopic (exact) mass is 260 g/mol. The van der Waals surface area contributed by atoms with Crippen molar-refractivity contribution >= 4 is 18.0 Å². The Morgan fingerprint density at radius 1 is 1.28 bits per heavy atom. The summed E-state index contributed by atoms with van der Waals surface area (Å²) in [7, 11) is 0. The second kappa shape index (κ2) is 9.26. The van der Waals surface area contributed by atoms with Crippen LogP contribution < -0.4 is 10.6 Å². The fourth-order valence-electron chi connectivity index (χ4n) is 1.20. The number of carboxylic acids is 1. The molecule has 1 atom stereocenters. The maximum absolute atomic E-state index is 11.3. The fourth-order valence-corrected chi connectivity index (χ4v) is 1.20. The van der Waals surface area contributed by atoms with Crippen molar-refractivity contribution in [2.45, 2.75) is 39.2 Å². The van der Waals surface area contributed by atoms with Crippen molar-refractivity contribution in [3.05, 3.63) is 0 Å². The molecule has 104 valence electrons. The van der Waals surface area contributed by atoms with E-state index in [2.05, 4.69) is 10.6 Å². The zero-order valence-corrected chi connectivity index (χ0v) is 10.7. The van der Waals surface area contributed by atoms with E-state index < -0.39 is 12.0 Å². The third-order valence-electron chi connectivity index (χ3n) is 2.09. The molecule has 3 N–H and O–H groups in total. The highest BCUT2D eigenvalue weighted by Gasteiger charge is 2.10. The van der Waals surface area contributed by atoms with Gasteiger partial charge in [-0.3, -0.25) is 9.59 Å². The first-order valence-corrected chi connectivity index (χ1v) is 5.87. The summed E-state index contributed by atoms with van der Waals surface area (Å²) in [6.45, 7) is 3.91. The molecular weight excluding hydrogens is 240 g/mol. The molecule has 7 heteroatoms. The number of hydrogen-bond acceptors (Lipinski definition) is 4. The molecule has 1 unspecified atom stereocenters. The number of nitrogens with one attached hydrogen (secondary N) is 2. The van der Waals surface area contributed by atoms with Crippen LogP contribution in [-0.2, 0) is 14.3 Å². The number of esters is 1. The zero-order valence-electron chi connectivity index (χ0n) is 10.7. The highest BCUT2D eigenvalue weighted by molar-refractivity contribution is 5.75. The van der Waals surface area contributed by atoms with E-state index in [0.717, 1.165) is 0 Å². The fraction of sp³-hybridized carbons (Fsp3) is 0.727. The number of urea groups is 1. The minimum absolute atomic E-state index is 0.0752. The van der Waals surface area contributed by atoms with Gasteiger partial charge in [-0.25, -0.2) is 4.79 Å². The average molecular weight is 260 g/mol. The molecule has 0 aromatic heterocycles. The van der Waals surface area contributed by atoms with Gasteiger partial charge in [-0.05, 0) is 20.3 Å². The van der Waals surface area contributed by atoms with Crippen molar-refractivity contribution < 1.29 is 24.2 Å². The number of amides is 2. The molecule has 0 rings (SSSR count). The molecular formula is C11H20N2O5. The third kappa shape index (κ3) is 9.44. The number of hydrogen-bond donors (Lipinski definition) is 3. The molecule has 0 spiro atoms. The van der Waals surface area contributed by atoms with Crippen LogP contribution in [0.25, 0.3) is 0 Å². The van der Waals surface area contributed by atoms with Gasteiger partial charge in [0.05, 0.1) is 13.0 Å². The van der Waals surface area contributed by atoms with Gasteiger partial charge in [0.1, 0.15) is 0 Å². The Balaban J connectivity index is 3.67. The lowest BCUT2D eigenvalue weighted by Crippen LogP contribution is -2.41. The van der Waals surface area contributed by atoms with Crippen LogP contribution >= 0.6 is 0 Å². The largest absolute Gasteiger partial charge is 0.481 e. The van der Waals surface area contributed by atoms with Crippen LogP contribution in [-0.4, -0.2) is 42.3 Å². The van der Waals surface area contributed by atoms with E-state index in [9.17, 15) is 14.4 Å². The number of carboxylic acid groups (broad SMARTS) is 1. The summed E-state index contributed by atoms with van der Waals surface area (Å²) in [5.41, 5.74) is 0. The first-order valence-electron chi connectivity index (χ1n) is 5.87. The van der Waals surface area contributed by atoms with Crippen LogP contribution in [0.1, 0.15) is 33.1 Å². The van der Waals surface area contributed by atoms with E-state index in [1.54, 1.807) is 13.8 Å². The molecule has 0 aliphatic carbocycles. The molecule has 0 saturated heterocycles. The smallest absolute Gasteiger partial charge is 0.315 e. The van der Waals surface area contributed by atoms with E-state index in [4.69, 9.17) is 9.84 Å². The Morgan fingerprint density at radius 2 is 1.94 bits per heavy atom. The van der Waals surface area contributed by atoms with Gasteiger partial charge in [-0.1, -0.05) is 0 Å². The van der Waals surface area contributed by atoms with Crippen LogP contribution in [0, 0.1) is 0 Å². The molecule has 2 amide bonds. The van der Waals surface area contributed by atoms with Crippen molar-refractivity contribution in [2.75, 3.05) is 13.2 Å². The summed E-state index contributed by atoms with van der Waals surface area (Å²) in [4.78, 5) is 32.6. The molecule has 0 heterocycles. The Morgan fingerprint density at radius 3 is 2.50 bits per heavy atom. The normalized spacial score (nSPS) is 11.4. The predicted octanol–water partition coefficient (Wildman–Crippen LogP) is 0.492. The Bertz CT molecular complexity index is 293. The van der Waals surface area contributed by atoms with E-state index in [1.807, 2.05) is 0 Å². The van der Waals surface area contributed by atoms with Crippen molar-refractivity contribution in [3.63, 3.8) is 0 Å². The molecule has 0 fully saturated rings. The molecule has 0 radical (unpaired) electrons. The quantitative estimate of drug-likeness (QED) is 0.551. The lowest BCUT2D eigenvalue weighted by Gasteiger charge is -2.13. The van der Waals surface area contributed by atoms with Gasteiger partial charge in [0.25, 0.3) is 0 Å². The lowest BCUT2D eigenvalue weighted by atomic mass is 10.2. The van der Waals surface area contributed by atoms with Crippen LogP contribution in [0.3, 0.4) is 0 Å². The topological polar surface area (TPSA) is 105 Å². The van der Waals surface area contributed by atoms with Crippen molar-refractivity contribution in [1.82, 2.24) is 10.6 Å². The summed E-state index contributed by atoms with van der Waals surface area (Å²) in [5.74, 6) is -1.26. The molecule has 0 bridgehead atoms. The van der Waals surface area contributed by atoms with Gasteiger partial charge in [-0.2, -0.15) is 0 Å². The molecule has 0 aliphatic heterocycles. The van der Waals surface area contributed by atoms with Crippen LogP contribution in [0.4, 0.5) is 4.79 Å². The predicted molar refractivity (Wildman–Crippen MR) is 64.1 cm³/mol. The third-order valence-corrected chi connectivity index (χ3v) is 2.09. The molecule has 0 aromatic rings. The molecule has 0 aromatic carbocycles. The second-order valence-electron chi connectivity index (χ2n) is 3.79. The molecule has 7 nitrogen and oxygen atoms in total. The van der Waals surface area contributed by atoms with Crippen LogP contribution in [0.15, 0.2) is 0 Å². The van der Waals surface area contributed by atoms with Crippen molar-refractivity contribution in [1.29, 1.82) is 0 Å². The zero-order chi connectivity index (χ0) is 14.0. The van der Waals surface area contributed by atoms with Gasteiger partial charge >= 0.3 is 18.0 Å². The summed E-state index contributed by atoms with van der Waals surface area (Å²) in [6, 6.07) is -0.619. The minimum Gasteiger partial charge on any atom is -0.481 e. The van der Waals surface area contributed by atoms with Gasteiger partial charge in [-0.15, -0.1) is 0 Å². The highest BCUT2D eigenvalue weighted by atomic mass is 16.5. The standard InChI is InChI=1S/C11H20N2O5/c1-3-18-10(16)5-4-8(2)13-11(17)12-7-6-9(14)15/h8H,3-7H2,1-2H3,(H,14,15)(H2,12,13,17). The van der Waals surface area contributed by atoms with Gasteiger partial charge in [0, 0.05) is 19.0 Å². The van der Waals surface area contributed by atoms with Crippen molar-refractivity contribution in [2.24, 2.45) is 0 Å². The lowest BCUT2D eigenvalue weighted by molar-refractivity contribution is -0.143. The van der Waals surface area contributed by atoms with E-state index in [1.165, 1.54) is 0 Å². The van der Waals surface area contributed by atoms with Crippen LogP contribution in [0.2, 0.25) is 0 Å². The summed E-state index contributed by atoms with van der Waals surface area (Å²) in [6.07, 6.45) is 0.597. The van der Waals surface area contributed by atoms with E-state index in [0.29, 0.717) is 13.0 Å². The van der Waals surface area contributed by atoms with Gasteiger partial charge in [0.15, 0.2) is 0 Å². The minimum atomic E-state index is -0.967. The maximum atomic E-state index is 11.3. The molecule has 18 heavy (non-hydrogen) atoms. The SMILES string of the molecule is CCOC(=O)CCC(C)NC(=O)NCCC(=O)O. The number of carbonyl (C=O) groups is 3. The van der Waals surface area contributed by atoms with E-state index in [-0.39, 0.29) is 31.4 Å². The Hall–Kier alpha value is -1.79. The first-order chi connectivity index (χ1) is 8.45. The number of ether oxygens (including phenoxy) is 1. The van der Waals surface area contributed by atoms with Crippen LogP contribution in [0.5, 0.6) is 0 Å². The maximum Gasteiger partial charge on any atom is 0.315 e. The van der Waals surface area contributed by atoms with Crippen molar-refractivity contribution in [3.8, 4) is 0 Å². The Labute approximate surface area is 106 Å². The molecule has 0 saturated carbocycles. The van der Waals surface area contributed by atoms with E-state index >= 15 is 0 Å². The number of rotatable bonds is 8. The summed E-state index contributed by atoms with van der Waals surface area (Å²) >= 11 is 0. The number of aliphatic carboxylic acids is 1. The first kappa shape index (κ1) is 16.2. The average Bonchev–Trinajstić information content (AvgIpc) is 2.26. The Kier molecular flexibility index (Phi) is 8.34.